The number of aromatic nitrogens is 1. The largest absolute Gasteiger partial charge is 0.476 e. The number of hydrogen-bond acceptors (Lipinski definition) is 7. The number of amides is 1. The Kier molecular flexibility index (Phi) is 7.03. The van der Waals surface area contributed by atoms with Gasteiger partial charge >= 0.3 is 5.97 Å². The molecule has 0 spiro atoms. The van der Waals surface area contributed by atoms with Gasteiger partial charge in [0.1, 0.15) is 0 Å². The van der Waals surface area contributed by atoms with E-state index in [0.29, 0.717) is 18.7 Å². The van der Waals surface area contributed by atoms with E-state index in [1.165, 1.54) is 28.0 Å². The van der Waals surface area contributed by atoms with Crippen LogP contribution in [0.25, 0.3) is 0 Å². The monoisotopic (exact) mass is 423 g/mol. The molecule has 3 rings (SSSR count). The molecule has 6 nitrogen and oxygen atoms in total. The predicted molar refractivity (Wildman–Crippen MR) is 111 cm³/mol. The van der Waals surface area contributed by atoms with Crippen molar-refractivity contribution >= 4 is 52.4 Å². The molecule has 1 fully saturated rings. The number of likely N-dealkylation sites (tertiary alicyclic amines) is 1. The van der Waals surface area contributed by atoms with Crippen LogP contribution in [0.1, 0.15) is 23.3 Å². The van der Waals surface area contributed by atoms with Crippen LogP contribution in [-0.2, 0) is 4.79 Å². The molecule has 9 heteroatoms. The van der Waals surface area contributed by atoms with E-state index in [0.717, 1.165) is 23.0 Å². The minimum absolute atomic E-state index is 0.0780. The van der Waals surface area contributed by atoms with Crippen LogP contribution in [0.3, 0.4) is 0 Å². The Hall–Kier alpha value is -1.71. The van der Waals surface area contributed by atoms with Crippen LogP contribution in [0, 0.1) is 0 Å². The van der Waals surface area contributed by atoms with Gasteiger partial charge < -0.3 is 15.3 Å². The number of carbonyl (C=O) groups is 2. The molecule has 0 aliphatic carbocycles. The molecule has 1 saturated heterocycles. The lowest BCUT2D eigenvalue weighted by Crippen LogP contribution is -2.39. The normalized spacial score (nSPS) is 16.7. The Labute approximate surface area is 170 Å². The second-order valence-electron chi connectivity index (χ2n) is 6.01. The predicted octanol–water partition coefficient (Wildman–Crippen LogP) is 3.76. The Bertz CT molecular complexity index is 812. The Morgan fingerprint density at radius 1 is 1.44 bits per heavy atom. The fourth-order valence-electron chi connectivity index (χ4n) is 2.98. The molecule has 144 valence electrons. The SMILES string of the molecule is CSc1ccccc1NC[C@H]1CCC(=O)N1CCSc1nc(C(=O)O)cs1. The lowest BCUT2D eigenvalue weighted by atomic mass is 10.2. The van der Waals surface area contributed by atoms with Gasteiger partial charge in [0.15, 0.2) is 10.0 Å². The van der Waals surface area contributed by atoms with Gasteiger partial charge in [0, 0.05) is 47.3 Å². The highest BCUT2D eigenvalue weighted by Gasteiger charge is 2.30. The molecule has 1 aromatic carbocycles. The maximum absolute atomic E-state index is 12.2. The van der Waals surface area contributed by atoms with E-state index in [2.05, 4.69) is 28.7 Å². The zero-order valence-electron chi connectivity index (χ0n) is 14.9. The summed E-state index contributed by atoms with van der Waals surface area (Å²) in [6.07, 6.45) is 3.50. The third-order valence-electron chi connectivity index (χ3n) is 4.35. The van der Waals surface area contributed by atoms with E-state index in [1.807, 2.05) is 17.0 Å². The summed E-state index contributed by atoms with van der Waals surface area (Å²) in [6, 6.07) is 8.36. The van der Waals surface area contributed by atoms with Crippen molar-refractivity contribution in [2.75, 3.05) is 30.4 Å². The van der Waals surface area contributed by atoms with E-state index < -0.39 is 5.97 Å². The first-order chi connectivity index (χ1) is 13.1. The maximum Gasteiger partial charge on any atom is 0.355 e. The molecule has 0 unspecified atom stereocenters. The first-order valence-electron chi connectivity index (χ1n) is 8.56. The van der Waals surface area contributed by atoms with E-state index in [1.54, 1.807) is 17.1 Å². The summed E-state index contributed by atoms with van der Waals surface area (Å²) in [7, 11) is 0. The van der Waals surface area contributed by atoms with Crippen LogP contribution >= 0.6 is 34.9 Å². The van der Waals surface area contributed by atoms with E-state index in [-0.39, 0.29) is 17.6 Å². The molecule has 0 saturated carbocycles. The number of anilines is 1. The van der Waals surface area contributed by atoms with E-state index >= 15 is 0 Å². The van der Waals surface area contributed by atoms with Crippen molar-refractivity contribution in [3.8, 4) is 0 Å². The molecule has 1 aliphatic heterocycles. The molecule has 2 heterocycles. The number of para-hydroxylation sites is 1. The summed E-state index contributed by atoms with van der Waals surface area (Å²) in [5.74, 6) is -0.119. The molecule has 1 atom stereocenters. The van der Waals surface area contributed by atoms with Crippen LogP contribution in [0.2, 0.25) is 0 Å². The second-order valence-corrected chi connectivity index (χ2v) is 9.06. The van der Waals surface area contributed by atoms with Gasteiger partial charge in [0.05, 0.1) is 0 Å². The number of hydrogen-bond donors (Lipinski definition) is 2. The summed E-state index contributed by atoms with van der Waals surface area (Å²) >= 11 is 4.52. The average molecular weight is 424 g/mol. The molecule has 1 aliphatic rings. The minimum atomic E-state index is -1.01. The molecule has 0 radical (unpaired) electrons. The summed E-state index contributed by atoms with van der Waals surface area (Å²) in [4.78, 5) is 30.3. The second kappa shape index (κ2) is 9.48. The third kappa shape index (κ3) is 5.18. The zero-order chi connectivity index (χ0) is 19.2. The van der Waals surface area contributed by atoms with Gasteiger partial charge in [0.25, 0.3) is 0 Å². The number of thioether (sulfide) groups is 2. The molecule has 2 N–H and O–H groups in total. The number of thiazole rings is 1. The standard InChI is InChI=1S/C18H21N3O3S3/c1-25-15-5-3-2-4-13(15)19-10-12-6-7-16(22)21(12)8-9-26-18-20-14(11-27-18)17(23)24/h2-5,11-12,19H,6-10H2,1H3,(H,23,24)/t12-/m1/s1. The smallest absolute Gasteiger partial charge is 0.355 e. The van der Waals surface area contributed by atoms with Gasteiger partial charge in [-0.1, -0.05) is 23.9 Å². The third-order valence-corrected chi connectivity index (χ3v) is 7.14. The number of nitrogens with one attached hydrogen (secondary N) is 1. The van der Waals surface area contributed by atoms with Crippen molar-refractivity contribution in [3.63, 3.8) is 0 Å². The number of carboxylic acids is 1. The maximum atomic E-state index is 12.2. The quantitative estimate of drug-likeness (QED) is 0.594. The molecular formula is C18H21N3O3S3. The molecule has 2 aromatic rings. The molecular weight excluding hydrogens is 402 g/mol. The number of nitrogens with zero attached hydrogens (tertiary/aromatic N) is 2. The number of carboxylic acid groups (broad SMARTS) is 1. The van der Waals surface area contributed by atoms with Gasteiger partial charge in [-0.15, -0.1) is 23.1 Å². The number of benzene rings is 1. The summed E-state index contributed by atoms with van der Waals surface area (Å²) in [6.45, 7) is 1.37. The van der Waals surface area contributed by atoms with E-state index in [9.17, 15) is 9.59 Å². The summed E-state index contributed by atoms with van der Waals surface area (Å²) in [5, 5.41) is 14.0. The van der Waals surface area contributed by atoms with Crippen molar-refractivity contribution in [3.05, 3.63) is 35.3 Å². The van der Waals surface area contributed by atoms with Crippen molar-refractivity contribution < 1.29 is 14.7 Å². The zero-order valence-corrected chi connectivity index (χ0v) is 17.3. The lowest BCUT2D eigenvalue weighted by molar-refractivity contribution is -0.128. The fraction of sp³-hybridized carbons (Fsp3) is 0.389. The minimum Gasteiger partial charge on any atom is -0.476 e. The Morgan fingerprint density at radius 3 is 3.00 bits per heavy atom. The summed E-state index contributed by atoms with van der Waals surface area (Å²) in [5.41, 5.74) is 1.18. The summed E-state index contributed by atoms with van der Waals surface area (Å²) < 4.78 is 0.725. The van der Waals surface area contributed by atoms with Crippen molar-refractivity contribution in [2.24, 2.45) is 0 Å². The van der Waals surface area contributed by atoms with Gasteiger partial charge in [0.2, 0.25) is 5.91 Å². The Morgan fingerprint density at radius 2 is 2.26 bits per heavy atom. The first-order valence-corrected chi connectivity index (χ1v) is 11.7. The van der Waals surface area contributed by atoms with Crippen LogP contribution in [0.4, 0.5) is 5.69 Å². The molecule has 1 amide bonds. The van der Waals surface area contributed by atoms with Crippen LogP contribution in [-0.4, -0.2) is 58.0 Å². The first kappa shape index (κ1) is 20.0. The Balaban J connectivity index is 1.52. The molecule has 1 aromatic heterocycles. The number of carbonyl (C=O) groups excluding carboxylic acids is 1. The van der Waals surface area contributed by atoms with Gasteiger partial charge in [-0.25, -0.2) is 9.78 Å². The highest BCUT2D eigenvalue weighted by atomic mass is 32.2. The van der Waals surface area contributed by atoms with Crippen LogP contribution < -0.4 is 5.32 Å². The van der Waals surface area contributed by atoms with Crippen LogP contribution in [0.5, 0.6) is 0 Å². The highest BCUT2D eigenvalue weighted by Crippen LogP contribution is 2.27. The highest BCUT2D eigenvalue weighted by molar-refractivity contribution is 8.01. The number of rotatable bonds is 9. The van der Waals surface area contributed by atoms with Crippen molar-refractivity contribution in [2.45, 2.75) is 28.1 Å². The fourth-order valence-corrected chi connectivity index (χ4v) is 5.37. The average Bonchev–Trinajstić information content (AvgIpc) is 3.28. The van der Waals surface area contributed by atoms with Gasteiger partial charge in [-0.2, -0.15) is 0 Å². The number of aromatic carboxylic acids is 1. The van der Waals surface area contributed by atoms with E-state index in [4.69, 9.17) is 5.11 Å². The lowest BCUT2D eigenvalue weighted by Gasteiger charge is -2.25. The van der Waals surface area contributed by atoms with Crippen molar-refractivity contribution in [1.29, 1.82) is 0 Å². The molecule has 27 heavy (non-hydrogen) atoms. The van der Waals surface area contributed by atoms with Crippen molar-refractivity contribution in [1.82, 2.24) is 9.88 Å². The van der Waals surface area contributed by atoms with Gasteiger partial charge in [-0.05, 0) is 24.8 Å². The van der Waals surface area contributed by atoms with Gasteiger partial charge in [-0.3, -0.25) is 4.79 Å². The molecule has 0 bridgehead atoms. The topological polar surface area (TPSA) is 82.5 Å². The van der Waals surface area contributed by atoms with Crippen LogP contribution in [0.15, 0.2) is 38.9 Å².